The molecule has 0 aliphatic carbocycles. The fourth-order valence-electron chi connectivity index (χ4n) is 0.827. The molecule has 0 amide bonds. The lowest BCUT2D eigenvalue weighted by Gasteiger charge is -1.92. The molecule has 60 valence electrons. The number of ketones is 1. The van der Waals surface area contributed by atoms with E-state index in [1.54, 1.807) is 0 Å². The highest BCUT2D eigenvalue weighted by atomic mass is 32.1. The van der Waals surface area contributed by atoms with Gasteiger partial charge in [-0.1, -0.05) is 11.4 Å². The summed E-state index contributed by atoms with van der Waals surface area (Å²) < 4.78 is 3.70. The van der Waals surface area contributed by atoms with Crippen molar-refractivity contribution in [2.75, 3.05) is 0 Å². The highest BCUT2D eigenvalue weighted by Gasteiger charge is 2.10. The molecule has 0 fully saturated rings. The molecule has 0 atom stereocenters. The van der Waals surface area contributed by atoms with Crippen LogP contribution in [0.1, 0.15) is 35.1 Å². The van der Waals surface area contributed by atoms with E-state index in [0.29, 0.717) is 11.3 Å². The Balaban J connectivity index is 2.76. The molecule has 0 spiro atoms. The second-order valence-corrected chi connectivity index (χ2v) is 3.11. The Morgan fingerprint density at radius 2 is 2.36 bits per heavy atom. The smallest absolute Gasteiger partial charge is 0.176 e. The molecule has 0 saturated heterocycles. The zero-order valence-electron chi connectivity index (χ0n) is 6.63. The van der Waals surface area contributed by atoms with Crippen LogP contribution in [-0.2, 0) is 0 Å². The SMILES string of the molecule is CCCC(=O)c1snnc1C. The summed E-state index contributed by atoms with van der Waals surface area (Å²) in [4.78, 5) is 12.0. The van der Waals surface area contributed by atoms with Crippen LogP contribution < -0.4 is 0 Å². The van der Waals surface area contributed by atoms with E-state index < -0.39 is 0 Å². The van der Waals surface area contributed by atoms with Crippen LogP contribution in [0.5, 0.6) is 0 Å². The fraction of sp³-hybridized carbons (Fsp3) is 0.571. The van der Waals surface area contributed by atoms with Gasteiger partial charge in [0.05, 0.1) is 5.69 Å². The minimum atomic E-state index is 0.167. The number of Topliss-reactive ketones (excluding diaryl/α,β-unsaturated/α-hetero) is 1. The quantitative estimate of drug-likeness (QED) is 0.650. The molecule has 4 heteroatoms. The summed E-state index contributed by atoms with van der Waals surface area (Å²) in [6.45, 7) is 3.80. The number of nitrogens with zero attached hydrogens (tertiary/aromatic N) is 2. The molecule has 0 radical (unpaired) electrons. The van der Waals surface area contributed by atoms with Gasteiger partial charge < -0.3 is 0 Å². The third-order valence-electron chi connectivity index (χ3n) is 1.38. The van der Waals surface area contributed by atoms with Gasteiger partial charge in [0.25, 0.3) is 0 Å². The molecule has 0 aromatic carbocycles. The Bertz CT molecular complexity index is 257. The van der Waals surface area contributed by atoms with Gasteiger partial charge in [-0.05, 0) is 24.9 Å². The van der Waals surface area contributed by atoms with E-state index in [0.717, 1.165) is 12.1 Å². The summed E-state index contributed by atoms with van der Waals surface area (Å²) in [7, 11) is 0. The van der Waals surface area contributed by atoms with Crippen LogP contribution >= 0.6 is 11.5 Å². The van der Waals surface area contributed by atoms with Crippen molar-refractivity contribution >= 4 is 17.3 Å². The second kappa shape index (κ2) is 3.57. The molecular weight excluding hydrogens is 160 g/mol. The number of hydrogen-bond donors (Lipinski definition) is 0. The lowest BCUT2D eigenvalue weighted by Crippen LogP contribution is -1.96. The molecule has 0 bridgehead atoms. The molecule has 1 aromatic rings. The van der Waals surface area contributed by atoms with Crippen molar-refractivity contribution in [3.8, 4) is 0 Å². The van der Waals surface area contributed by atoms with E-state index in [4.69, 9.17) is 0 Å². The van der Waals surface area contributed by atoms with Gasteiger partial charge in [-0.25, -0.2) is 0 Å². The van der Waals surface area contributed by atoms with Crippen LogP contribution in [0.15, 0.2) is 0 Å². The molecule has 0 unspecified atom stereocenters. The summed E-state index contributed by atoms with van der Waals surface area (Å²) in [6.07, 6.45) is 1.49. The highest BCUT2D eigenvalue weighted by molar-refractivity contribution is 7.08. The first-order valence-electron chi connectivity index (χ1n) is 3.58. The van der Waals surface area contributed by atoms with E-state index in [1.165, 1.54) is 11.5 Å². The molecule has 0 aliphatic heterocycles. The van der Waals surface area contributed by atoms with Crippen molar-refractivity contribution in [1.29, 1.82) is 0 Å². The molecule has 1 aromatic heterocycles. The van der Waals surface area contributed by atoms with Gasteiger partial charge in [0.2, 0.25) is 0 Å². The zero-order valence-corrected chi connectivity index (χ0v) is 7.44. The largest absolute Gasteiger partial charge is 0.293 e. The Hall–Kier alpha value is -0.770. The highest BCUT2D eigenvalue weighted by Crippen LogP contribution is 2.12. The van der Waals surface area contributed by atoms with Gasteiger partial charge in [-0.15, -0.1) is 5.10 Å². The molecule has 11 heavy (non-hydrogen) atoms. The van der Waals surface area contributed by atoms with Crippen LogP contribution in [0.3, 0.4) is 0 Å². The fourth-order valence-corrected chi connectivity index (χ4v) is 1.45. The average Bonchev–Trinajstić information content (AvgIpc) is 2.36. The van der Waals surface area contributed by atoms with Crippen molar-refractivity contribution in [2.24, 2.45) is 0 Å². The van der Waals surface area contributed by atoms with Gasteiger partial charge in [-0.2, -0.15) is 0 Å². The van der Waals surface area contributed by atoms with Crippen LogP contribution in [0, 0.1) is 6.92 Å². The number of carbonyl (C=O) groups excluding carboxylic acids is 1. The number of hydrogen-bond acceptors (Lipinski definition) is 4. The Labute approximate surface area is 69.6 Å². The third kappa shape index (κ3) is 1.83. The molecule has 0 aliphatic rings. The summed E-state index contributed by atoms with van der Waals surface area (Å²) in [5, 5.41) is 3.77. The number of rotatable bonds is 3. The van der Waals surface area contributed by atoms with Crippen molar-refractivity contribution in [3.63, 3.8) is 0 Å². The maximum Gasteiger partial charge on any atom is 0.176 e. The van der Waals surface area contributed by atoms with E-state index in [1.807, 2.05) is 13.8 Å². The van der Waals surface area contributed by atoms with Crippen molar-refractivity contribution in [2.45, 2.75) is 26.7 Å². The number of carbonyl (C=O) groups is 1. The van der Waals surface area contributed by atoms with E-state index >= 15 is 0 Å². The second-order valence-electron chi connectivity index (χ2n) is 2.36. The Morgan fingerprint density at radius 1 is 1.64 bits per heavy atom. The summed E-state index contributed by atoms with van der Waals surface area (Å²) in [5.41, 5.74) is 0.758. The standard InChI is InChI=1S/C7H10N2OS/c1-3-4-6(10)7-5(2)8-9-11-7/h3-4H2,1-2H3. The lowest BCUT2D eigenvalue weighted by molar-refractivity contribution is 0.0985. The molecule has 0 N–H and O–H groups in total. The van der Waals surface area contributed by atoms with Crippen molar-refractivity contribution < 1.29 is 4.79 Å². The van der Waals surface area contributed by atoms with E-state index in [2.05, 4.69) is 9.59 Å². The summed E-state index contributed by atoms with van der Waals surface area (Å²) in [6, 6.07) is 0. The molecule has 0 saturated carbocycles. The predicted molar refractivity (Wildman–Crippen MR) is 43.9 cm³/mol. The maximum absolute atomic E-state index is 11.3. The van der Waals surface area contributed by atoms with E-state index in [-0.39, 0.29) is 5.78 Å². The first-order chi connectivity index (χ1) is 5.25. The maximum atomic E-state index is 11.3. The zero-order chi connectivity index (χ0) is 8.27. The van der Waals surface area contributed by atoms with Crippen LogP contribution in [0.2, 0.25) is 0 Å². The Kier molecular flexibility index (Phi) is 2.70. The van der Waals surface area contributed by atoms with Gasteiger partial charge in [0, 0.05) is 6.42 Å². The van der Waals surface area contributed by atoms with Gasteiger partial charge in [0.15, 0.2) is 5.78 Å². The number of aromatic nitrogens is 2. The van der Waals surface area contributed by atoms with Gasteiger partial charge >= 0.3 is 0 Å². The van der Waals surface area contributed by atoms with Gasteiger partial charge in [0.1, 0.15) is 4.88 Å². The normalized spacial score (nSPS) is 10.0. The average molecular weight is 170 g/mol. The topological polar surface area (TPSA) is 42.9 Å². The summed E-state index contributed by atoms with van der Waals surface area (Å²) in [5.74, 6) is 0.167. The first-order valence-corrected chi connectivity index (χ1v) is 4.35. The van der Waals surface area contributed by atoms with Crippen molar-refractivity contribution in [1.82, 2.24) is 9.59 Å². The summed E-state index contributed by atoms with van der Waals surface area (Å²) >= 11 is 1.19. The van der Waals surface area contributed by atoms with Crippen molar-refractivity contribution in [3.05, 3.63) is 10.6 Å². The lowest BCUT2D eigenvalue weighted by atomic mass is 10.2. The minimum absolute atomic E-state index is 0.167. The monoisotopic (exact) mass is 170 g/mol. The molecule has 3 nitrogen and oxygen atoms in total. The predicted octanol–water partition coefficient (Wildman–Crippen LogP) is 1.83. The molecule has 1 heterocycles. The Morgan fingerprint density at radius 3 is 2.82 bits per heavy atom. The molecular formula is C7H10N2OS. The number of aryl methyl sites for hydroxylation is 1. The first kappa shape index (κ1) is 8.33. The van der Waals surface area contributed by atoms with Crippen LogP contribution in [0.4, 0.5) is 0 Å². The van der Waals surface area contributed by atoms with E-state index in [9.17, 15) is 4.79 Å². The minimum Gasteiger partial charge on any atom is -0.293 e. The third-order valence-corrected chi connectivity index (χ3v) is 2.25. The van der Waals surface area contributed by atoms with Crippen LogP contribution in [-0.4, -0.2) is 15.4 Å². The molecule has 1 rings (SSSR count). The van der Waals surface area contributed by atoms with Crippen LogP contribution in [0.25, 0.3) is 0 Å². The van der Waals surface area contributed by atoms with Gasteiger partial charge in [-0.3, -0.25) is 4.79 Å².